The number of aliphatic hydroxyl groups is 1. The Bertz CT molecular complexity index is 1350. The van der Waals surface area contributed by atoms with Gasteiger partial charge in [-0.1, -0.05) is 0 Å². The second kappa shape index (κ2) is 8.00. The molecule has 1 aliphatic rings. The van der Waals surface area contributed by atoms with Crippen LogP contribution < -0.4 is 5.73 Å². The van der Waals surface area contributed by atoms with E-state index in [4.69, 9.17) is 5.73 Å². The Morgan fingerprint density at radius 2 is 2.00 bits per heavy atom. The minimum Gasteiger partial charge on any atom is -0.389 e. The maximum Gasteiger partial charge on any atom is 0.249 e. The molecule has 2 amide bonds. The number of aromatic amines is 1. The highest BCUT2D eigenvalue weighted by atomic mass is 16.3. The Labute approximate surface area is 190 Å². The van der Waals surface area contributed by atoms with E-state index in [0.717, 1.165) is 16.9 Å². The van der Waals surface area contributed by atoms with E-state index in [1.165, 1.54) is 17.3 Å². The Morgan fingerprint density at radius 3 is 2.79 bits per heavy atom. The number of primary amides is 1. The number of fused-ring (bicyclic) bond motifs is 2. The number of carbonyl (C=O) groups is 2. The molecule has 4 aromatic rings. The van der Waals surface area contributed by atoms with Gasteiger partial charge in [0.1, 0.15) is 11.5 Å². The molecule has 4 heterocycles. The van der Waals surface area contributed by atoms with Crippen LogP contribution in [0.3, 0.4) is 0 Å². The number of nitrogens with one attached hydrogen (secondary N) is 1. The van der Waals surface area contributed by atoms with E-state index < -0.39 is 12.0 Å². The van der Waals surface area contributed by atoms with Crippen LogP contribution >= 0.6 is 0 Å². The number of nitrogens with two attached hydrogens (primary N) is 1. The van der Waals surface area contributed by atoms with Crippen LogP contribution in [0.15, 0.2) is 36.7 Å². The summed E-state index contributed by atoms with van der Waals surface area (Å²) in [5.41, 5.74) is 10.7. The van der Waals surface area contributed by atoms with E-state index in [9.17, 15) is 14.7 Å². The molecule has 0 unspecified atom stereocenters. The lowest BCUT2D eigenvalue weighted by molar-refractivity contribution is -0.130. The molecular formula is C24H26N6O3. The number of amides is 2. The minimum absolute atomic E-state index is 0.0355. The predicted molar refractivity (Wildman–Crippen MR) is 124 cm³/mol. The number of H-pyrrole nitrogens is 1. The van der Waals surface area contributed by atoms with Crippen LogP contribution in [0.5, 0.6) is 0 Å². The van der Waals surface area contributed by atoms with Crippen LogP contribution in [0.25, 0.3) is 22.1 Å². The number of aryl methyl sites for hydroxylation is 3. The van der Waals surface area contributed by atoms with Crippen molar-refractivity contribution in [3.63, 3.8) is 0 Å². The fourth-order valence-corrected chi connectivity index (χ4v) is 4.61. The normalized spacial score (nSPS) is 18.5. The molecule has 0 saturated carbocycles. The first-order valence-electron chi connectivity index (χ1n) is 11.0. The molecule has 9 nitrogen and oxygen atoms in total. The van der Waals surface area contributed by atoms with E-state index in [2.05, 4.69) is 34.9 Å². The summed E-state index contributed by atoms with van der Waals surface area (Å²) in [5.74, 6) is 0.214. The molecule has 1 aliphatic heterocycles. The van der Waals surface area contributed by atoms with Gasteiger partial charge in [0.2, 0.25) is 11.8 Å². The van der Waals surface area contributed by atoms with E-state index in [-0.39, 0.29) is 18.5 Å². The number of nitrogens with zero attached hydrogens (tertiary/aromatic N) is 4. The number of aromatic nitrogens is 4. The number of carbonyl (C=O) groups excluding carboxylic acids is 2. The topological polar surface area (TPSA) is 130 Å². The van der Waals surface area contributed by atoms with E-state index in [0.29, 0.717) is 36.0 Å². The second-order valence-corrected chi connectivity index (χ2v) is 8.75. The van der Waals surface area contributed by atoms with E-state index in [1.807, 2.05) is 10.6 Å². The highest BCUT2D eigenvalue weighted by Crippen LogP contribution is 2.28. The van der Waals surface area contributed by atoms with Gasteiger partial charge in [0, 0.05) is 43.7 Å². The summed E-state index contributed by atoms with van der Waals surface area (Å²) in [6, 6.07) is 7.12. The van der Waals surface area contributed by atoms with E-state index >= 15 is 0 Å². The summed E-state index contributed by atoms with van der Waals surface area (Å²) in [4.78, 5) is 38.6. The van der Waals surface area contributed by atoms with Gasteiger partial charge in [0.05, 0.1) is 28.7 Å². The number of aliphatic hydroxyl groups excluding tert-OH is 1. The van der Waals surface area contributed by atoms with Gasteiger partial charge in [0.25, 0.3) is 0 Å². The average Bonchev–Trinajstić information content (AvgIpc) is 3.48. The predicted octanol–water partition coefficient (Wildman–Crippen LogP) is 2.01. The molecule has 3 aromatic heterocycles. The Kier molecular flexibility index (Phi) is 5.13. The average molecular weight is 447 g/mol. The zero-order chi connectivity index (χ0) is 23.3. The Hall–Kier alpha value is -3.72. The lowest BCUT2D eigenvalue weighted by Crippen LogP contribution is -2.29. The molecule has 4 N–H and O–H groups in total. The summed E-state index contributed by atoms with van der Waals surface area (Å²) in [6.07, 6.45) is 3.37. The van der Waals surface area contributed by atoms with Gasteiger partial charge >= 0.3 is 0 Å². The number of β-amino-alcohol motifs (C(OH)–C–C–N with tert-alkyl or cyclic N) is 1. The quantitative estimate of drug-likeness (QED) is 0.432. The van der Waals surface area contributed by atoms with Gasteiger partial charge in [-0.15, -0.1) is 0 Å². The number of rotatable bonds is 5. The lowest BCUT2D eigenvalue weighted by Gasteiger charge is -2.17. The molecule has 33 heavy (non-hydrogen) atoms. The molecule has 0 radical (unpaired) electrons. The van der Waals surface area contributed by atoms with Crippen molar-refractivity contribution in [1.82, 2.24) is 24.4 Å². The molecule has 1 saturated heterocycles. The highest BCUT2D eigenvalue weighted by molar-refractivity contribution is 6.04. The standard InChI is InChI=1S/C24H26N6O3/c1-13-9-17-18(10-14(13)2)28-21(27-17)3-4-22(32)29-11-19(20(31)12-29)30-8-6-16-15(23(25)33)5-7-26-24(16)30/h5-10,19-20,31H,3-4,11-12H2,1-2H3,(H2,25,33)(H,27,28)/t19-,20-/m1/s1. The fraction of sp³-hybridized carbons (Fsp3) is 0.333. The number of imidazole rings is 1. The maximum atomic E-state index is 12.9. The van der Waals surface area contributed by atoms with Crippen molar-refractivity contribution in [3.05, 3.63) is 59.2 Å². The lowest BCUT2D eigenvalue weighted by atomic mass is 10.1. The van der Waals surface area contributed by atoms with Gasteiger partial charge < -0.3 is 25.3 Å². The van der Waals surface area contributed by atoms with Crippen molar-refractivity contribution >= 4 is 33.9 Å². The number of hydrogen-bond acceptors (Lipinski definition) is 5. The third-order valence-corrected chi connectivity index (χ3v) is 6.57. The molecule has 2 atom stereocenters. The van der Waals surface area contributed by atoms with Crippen molar-refractivity contribution < 1.29 is 14.7 Å². The Morgan fingerprint density at radius 1 is 1.21 bits per heavy atom. The molecule has 170 valence electrons. The monoisotopic (exact) mass is 446 g/mol. The summed E-state index contributed by atoms with van der Waals surface area (Å²) in [6.45, 7) is 4.73. The molecule has 5 rings (SSSR count). The highest BCUT2D eigenvalue weighted by Gasteiger charge is 2.35. The number of pyridine rings is 1. The zero-order valence-electron chi connectivity index (χ0n) is 18.6. The van der Waals surface area contributed by atoms with Crippen LogP contribution in [0.4, 0.5) is 0 Å². The first-order chi connectivity index (χ1) is 15.8. The molecule has 1 aromatic carbocycles. The van der Waals surface area contributed by atoms with Crippen LogP contribution in [0.1, 0.15) is 39.8 Å². The Balaban J connectivity index is 1.29. The molecule has 9 heteroatoms. The van der Waals surface area contributed by atoms with Crippen LogP contribution in [0.2, 0.25) is 0 Å². The fourth-order valence-electron chi connectivity index (χ4n) is 4.61. The second-order valence-electron chi connectivity index (χ2n) is 8.75. The van der Waals surface area contributed by atoms with Gasteiger partial charge in [-0.2, -0.15) is 0 Å². The van der Waals surface area contributed by atoms with Crippen molar-refractivity contribution in [2.45, 2.75) is 38.8 Å². The first-order valence-corrected chi connectivity index (χ1v) is 11.0. The zero-order valence-corrected chi connectivity index (χ0v) is 18.6. The maximum absolute atomic E-state index is 12.9. The van der Waals surface area contributed by atoms with Crippen molar-refractivity contribution in [3.8, 4) is 0 Å². The number of likely N-dealkylation sites (tertiary alicyclic amines) is 1. The third kappa shape index (κ3) is 3.74. The smallest absolute Gasteiger partial charge is 0.249 e. The van der Waals surface area contributed by atoms with Gasteiger partial charge in [-0.05, 0) is 49.2 Å². The van der Waals surface area contributed by atoms with Crippen molar-refractivity contribution in [2.75, 3.05) is 13.1 Å². The summed E-state index contributed by atoms with van der Waals surface area (Å²) < 4.78 is 1.82. The molecule has 0 aliphatic carbocycles. The molecule has 0 bridgehead atoms. The minimum atomic E-state index is -0.735. The molecular weight excluding hydrogens is 420 g/mol. The SMILES string of the molecule is Cc1cc2nc(CCC(=O)N3C[C@@H](O)[C@H](n4ccc5c(C(N)=O)ccnc54)C3)[nH]c2cc1C. The first kappa shape index (κ1) is 21.1. The van der Waals surface area contributed by atoms with E-state index in [1.54, 1.807) is 23.2 Å². The van der Waals surface area contributed by atoms with Crippen LogP contribution in [-0.2, 0) is 11.2 Å². The third-order valence-electron chi connectivity index (χ3n) is 6.57. The van der Waals surface area contributed by atoms with Gasteiger partial charge in [-0.25, -0.2) is 9.97 Å². The van der Waals surface area contributed by atoms with Crippen LogP contribution in [0, 0.1) is 13.8 Å². The summed E-state index contributed by atoms with van der Waals surface area (Å²) in [7, 11) is 0. The largest absolute Gasteiger partial charge is 0.389 e. The van der Waals surface area contributed by atoms with Gasteiger partial charge in [0.15, 0.2) is 0 Å². The van der Waals surface area contributed by atoms with Crippen molar-refractivity contribution in [1.29, 1.82) is 0 Å². The number of benzene rings is 1. The van der Waals surface area contributed by atoms with Gasteiger partial charge in [-0.3, -0.25) is 9.59 Å². The summed E-state index contributed by atoms with van der Waals surface area (Å²) in [5, 5.41) is 11.3. The van der Waals surface area contributed by atoms with Crippen LogP contribution in [-0.4, -0.2) is 60.5 Å². The molecule has 0 spiro atoms. The number of hydrogen-bond donors (Lipinski definition) is 3. The summed E-state index contributed by atoms with van der Waals surface area (Å²) >= 11 is 0. The van der Waals surface area contributed by atoms with Crippen molar-refractivity contribution in [2.24, 2.45) is 5.73 Å². The molecule has 1 fully saturated rings.